The fourth-order valence-electron chi connectivity index (χ4n) is 4.60. The average molecular weight is 555 g/mol. The van der Waals surface area contributed by atoms with Crippen LogP contribution in [-0.2, 0) is 9.59 Å². The number of aliphatic carboxylic acids is 1. The van der Waals surface area contributed by atoms with Gasteiger partial charge in [0.05, 0.1) is 18.8 Å². The first-order valence-electron chi connectivity index (χ1n) is 13.0. The molecular weight excluding hydrogens is 520 g/mol. The van der Waals surface area contributed by atoms with Crippen LogP contribution >= 0.6 is 0 Å². The van der Waals surface area contributed by atoms with Gasteiger partial charge in [-0.3, -0.25) is 24.7 Å². The van der Waals surface area contributed by atoms with Gasteiger partial charge >= 0.3 is 5.97 Å². The first kappa shape index (κ1) is 28.8. The minimum atomic E-state index is -1.18. The number of hydrogen-bond acceptors (Lipinski definition) is 11. The topological polar surface area (TPSA) is 205 Å². The maximum atomic E-state index is 12.7. The van der Waals surface area contributed by atoms with Crippen LogP contribution in [-0.4, -0.2) is 87.9 Å². The van der Waals surface area contributed by atoms with Crippen molar-refractivity contribution in [3.05, 3.63) is 53.6 Å². The van der Waals surface area contributed by atoms with Crippen LogP contribution in [0, 0.1) is 0 Å². The van der Waals surface area contributed by atoms with Crippen molar-refractivity contribution >= 4 is 35.0 Å². The van der Waals surface area contributed by atoms with Crippen molar-refractivity contribution in [2.75, 3.05) is 30.3 Å². The summed E-state index contributed by atoms with van der Waals surface area (Å²) in [4.78, 5) is 41.1. The predicted octanol–water partition coefficient (Wildman–Crippen LogP) is 0.162. The van der Waals surface area contributed by atoms with Crippen LogP contribution in [0.2, 0.25) is 0 Å². The number of aliphatic imine (C=N–C) groups is 1. The van der Waals surface area contributed by atoms with Crippen molar-refractivity contribution in [2.45, 2.75) is 50.1 Å². The number of para-hydroxylation sites is 1. The number of benzene rings is 2. The van der Waals surface area contributed by atoms with E-state index in [9.17, 15) is 34.8 Å². The number of Topliss-reactive ketones (excluding diaryl/α,β-unsaturated/α-hetero) is 1. The lowest BCUT2D eigenvalue weighted by Gasteiger charge is -2.25. The molecule has 214 valence electrons. The molecule has 0 bridgehead atoms. The molecule has 0 aromatic heterocycles. The summed E-state index contributed by atoms with van der Waals surface area (Å²) >= 11 is 0. The number of carboxylic acid groups (broad SMARTS) is 1. The van der Waals surface area contributed by atoms with E-state index < -0.39 is 42.2 Å². The molecule has 13 heteroatoms. The Morgan fingerprint density at radius 1 is 1.20 bits per heavy atom. The summed E-state index contributed by atoms with van der Waals surface area (Å²) in [5.41, 5.74) is 2.08. The van der Waals surface area contributed by atoms with Gasteiger partial charge in [0, 0.05) is 48.6 Å². The number of amides is 1. The van der Waals surface area contributed by atoms with Crippen molar-refractivity contribution in [3.63, 3.8) is 0 Å². The molecule has 2 heterocycles. The van der Waals surface area contributed by atoms with Gasteiger partial charge in [-0.15, -0.1) is 0 Å². The number of aliphatic hydroxyl groups is 2. The highest BCUT2D eigenvalue weighted by atomic mass is 16.4. The Balaban J connectivity index is 1.26. The second-order valence-corrected chi connectivity index (χ2v) is 9.90. The Bertz CT molecular complexity index is 1290. The lowest BCUT2D eigenvalue weighted by Crippen LogP contribution is -2.54. The molecule has 2 aliphatic rings. The third-order valence-corrected chi connectivity index (χ3v) is 6.75. The molecule has 0 fully saturated rings. The summed E-state index contributed by atoms with van der Waals surface area (Å²) in [6, 6.07) is 9.20. The number of aliphatic hydroxyl groups excluding tert-OH is 2. The molecule has 0 aliphatic carbocycles. The van der Waals surface area contributed by atoms with E-state index in [1.54, 1.807) is 37.3 Å². The summed E-state index contributed by atoms with van der Waals surface area (Å²) < 4.78 is 0. The van der Waals surface area contributed by atoms with Crippen LogP contribution in [0.25, 0.3) is 0 Å². The van der Waals surface area contributed by atoms with E-state index in [2.05, 4.69) is 31.6 Å². The second kappa shape index (κ2) is 12.8. The molecule has 5 unspecified atom stereocenters. The quantitative estimate of drug-likeness (QED) is 0.183. The molecule has 9 N–H and O–H groups in total. The van der Waals surface area contributed by atoms with Gasteiger partial charge in [0.1, 0.15) is 17.8 Å². The van der Waals surface area contributed by atoms with Crippen LogP contribution < -0.4 is 26.6 Å². The number of anilines is 2. The number of phenolic OH excluding ortho intramolecular Hbond substituents is 1. The Kier molecular flexibility index (Phi) is 9.19. The highest BCUT2D eigenvalue weighted by Gasteiger charge is 2.35. The van der Waals surface area contributed by atoms with Gasteiger partial charge in [0.25, 0.3) is 0 Å². The van der Waals surface area contributed by atoms with E-state index in [1.807, 2.05) is 0 Å². The first-order chi connectivity index (χ1) is 19.1. The van der Waals surface area contributed by atoms with E-state index in [4.69, 9.17) is 0 Å². The lowest BCUT2D eigenvalue weighted by molar-refractivity contribution is -0.139. The third-order valence-electron chi connectivity index (χ3n) is 6.75. The largest absolute Gasteiger partial charge is 0.508 e. The minimum absolute atomic E-state index is 0.0282. The van der Waals surface area contributed by atoms with Crippen LogP contribution in [0.4, 0.5) is 11.4 Å². The second-order valence-electron chi connectivity index (χ2n) is 9.90. The van der Waals surface area contributed by atoms with Gasteiger partial charge in [-0.25, -0.2) is 0 Å². The maximum absolute atomic E-state index is 12.7. The van der Waals surface area contributed by atoms with Gasteiger partial charge in [-0.05, 0) is 43.2 Å². The summed E-state index contributed by atoms with van der Waals surface area (Å²) in [5, 5.41) is 54.4. The standard InChI is InChI=1S/C27H34N6O7/c1-14(24-25(38)19-4-2-3-5-20(19)33-24)31-21(26(39)40)13-28-23(37)7-6-22(36)15-8-16(10-17(34)9-15)32-27-29-11-18(35)12-30-27/h2-5,8-10,14,18,21-22,24,31,33-36H,6-7,11-13H2,1H3,(H,28,37)(H,39,40)(H2,29,30,32). The normalized spacial score (nSPS) is 20.3. The third kappa shape index (κ3) is 7.25. The SMILES string of the molecule is CC(NC(CNC(=O)CCC(O)c1cc(O)cc(NC2=NCC(O)CN2)c1)C(=O)O)C1Nc2ccccc2C1=O. The smallest absolute Gasteiger partial charge is 0.322 e. The number of ketones is 1. The molecule has 4 rings (SSSR count). The minimum Gasteiger partial charge on any atom is -0.508 e. The van der Waals surface area contributed by atoms with Crippen LogP contribution in [0.15, 0.2) is 47.5 Å². The number of carboxylic acids is 1. The molecule has 2 aliphatic heterocycles. The molecule has 0 saturated heterocycles. The molecule has 2 aromatic rings. The number of nitrogens with one attached hydrogen (secondary N) is 5. The van der Waals surface area contributed by atoms with Crippen molar-refractivity contribution in [2.24, 2.45) is 4.99 Å². The van der Waals surface area contributed by atoms with Crippen LogP contribution in [0.1, 0.15) is 41.8 Å². The van der Waals surface area contributed by atoms with Crippen molar-refractivity contribution < 1.29 is 34.8 Å². The zero-order valence-corrected chi connectivity index (χ0v) is 21.9. The van der Waals surface area contributed by atoms with Crippen LogP contribution in [0.3, 0.4) is 0 Å². The van der Waals surface area contributed by atoms with Gasteiger partial charge in [0.15, 0.2) is 11.7 Å². The molecular formula is C27H34N6O7. The number of phenols is 1. The van der Waals surface area contributed by atoms with Crippen LogP contribution in [0.5, 0.6) is 5.75 Å². The van der Waals surface area contributed by atoms with E-state index in [1.165, 1.54) is 12.1 Å². The number of guanidine groups is 1. The Morgan fingerprint density at radius 2 is 1.98 bits per heavy atom. The average Bonchev–Trinajstić information content (AvgIpc) is 3.27. The van der Waals surface area contributed by atoms with E-state index in [-0.39, 0.29) is 37.5 Å². The molecule has 5 atom stereocenters. The number of β-amino-alcohol motifs (C(OH)–C–C–N with tert-alkyl or cyclic N) is 1. The number of fused-ring (bicyclic) bond motifs is 1. The summed E-state index contributed by atoms with van der Waals surface area (Å²) in [5.74, 6) is -1.45. The highest BCUT2D eigenvalue weighted by Crippen LogP contribution is 2.28. The fraction of sp³-hybridized carbons (Fsp3) is 0.407. The van der Waals surface area contributed by atoms with E-state index in [0.29, 0.717) is 35.0 Å². The highest BCUT2D eigenvalue weighted by molar-refractivity contribution is 6.10. The van der Waals surface area contributed by atoms with Crippen molar-refractivity contribution in [1.29, 1.82) is 0 Å². The van der Waals surface area contributed by atoms with Gasteiger partial charge < -0.3 is 41.7 Å². The molecule has 0 radical (unpaired) electrons. The molecule has 1 amide bonds. The number of carbonyl (C=O) groups excluding carboxylic acids is 2. The first-order valence-corrected chi connectivity index (χ1v) is 13.0. The number of hydrogen-bond donors (Lipinski definition) is 9. The number of nitrogens with zero attached hydrogens (tertiary/aromatic N) is 1. The van der Waals surface area contributed by atoms with Gasteiger partial charge in [-0.2, -0.15) is 0 Å². The molecule has 0 saturated carbocycles. The Morgan fingerprint density at radius 3 is 2.67 bits per heavy atom. The number of aromatic hydroxyl groups is 1. The zero-order chi connectivity index (χ0) is 28.8. The molecule has 2 aromatic carbocycles. The molecule has 13 nitrogen and oxygen atoms in total. The van der Waals surface area contributed by atoms with E-state index >= 15 is 0 Å². The Hall–Kier alpha value is -4.20. The monoisotopic (exact) mass is 554 g/mol. The molecule has 0 spiro atoms. The summed E-state index contributed by atoms with van der Waals surface area (Å²) in [6.45, 7) is 2.05. The van der Waals surface area contributed by atoms with E-state index in [0.717, 1.165) is 0 Å². The van der Waals surface area contributed by atoms with Gasteiger partial charge in [-0.1, -0.05) is 12.1 Å². The lowest BCUT2D eigenvalue weighted by atomic mass is 10.0. The number of carbonyl (C=O) groups is 3. The zero-order valence-electron chi connectivity index (χ0n) is 21.9. The summed E-state index contributed by atoms with van der Waals surface area (Å²) in [7, 11) is 0. The maximum Gasteiger partial charge on any atom is 0.322 e. The number of rotatable bonds is 11. The Labute approximate surface area is 230 Å². The van der Waals surface area contributed by atoms with Gasteiger partial charge in [0.2, 0.25) is 5.91 Å². The van der Waals surface area contributed by atoms with Crippen molar-refractivity contribution in [3.8, 4) is 5.75 Å². The van der Waals surface area contributed by atoms with Crippen molar-refractivity contribution in [1.82, 2.24) is 16.0 Å². The fourth-order valence-corrected chi connectivity index (χ4v) is 4.60. The molecule has 40 heavy (non-hydrogen) atoms. The predicted molar refractivity (Wildman–Crippen MR) is 147 cm³/mol. The summed E-state index contributed by atoms with van der Waals surface area (Å²) in [6.07, 6.45) is -1.71.